The molecule has 8 heteroatoms. The molecule has 0 unspecified atom stereocenters. The van der Waals surface area contributed by atoms with Gasteiger partial charge in [0, 0.05) is 5.75 Å². The molecule has 3 aromatic rings. The van der Waals surface area contributed by atoms with Gasteiger partial charge in [0.2, 0.25) is 5.13 Å². The fourth-order valence-electron chi connectivity index (χ4n) is 2.00. The van der Waals surface area contributed by atoms with E-state index in [1.54, 1.807) is 36.0 Å². The molecule has 2 aromatic carbocycles. The maximum Gasteiger partial charge on any atom is 0.264 e. The van der Waals surface area contributed by atoms with Gasteiger partial charge in [0.1, 0.15) is 5.75 Å². The van der Waals surface area contributed by atoms with Crippen molar-refractivity contribution in [1.29, 1.82) is 5.26 Å². The second-order valence-electron chi connectivity index (χ2n) is 5.12. The molecule has 1 N–H and O–H groups in total. The molecule has 0 radical (unpaired) electrons. The standard InChI is InChI=1S/C18H14N4O2S2/c19-10-14-7-4-8-15(9-14)24-11-16(23)20-17-21-22-18(26-17)25-12-13-5-2-1-3-6-13/h1-9H,11-12H2,(H,20,21,23). The summed E-state index contributed by atoms with van der Waals surface area (Å²) in [4.78, 5) is 12.0. The minimum absolute atomic E-state index is 0.166. The van der Waals surface area contributed by atoms with E-state index in [1.165, 1.54) is 16.9 Å². The van der Waals surface area contributed by atoms with Gasteiger partial charge in [0.25, 0.3) is 5.91 Å². The van der Waals surface area contributed by atoms with Crippen molar-refractivity contribution >= 4 is 34.1 Å². The number of nitrogens with one attached hydrogen (secondary N) is 1. The maximum absolute atomic E-state index is 12.0. The Labute approximate surface area is 158 Å². The van der Waals surface area contributed by atoms with E-state index >= 15 is 0 Å². The molecule has 1 aromatic heterocycles. The van der Waals surface area contributed by atoms with Crippen LogP contribution in [0, 0.1) is 11.3 Å². The number of amides is 1. The van der Waals surface area contributed by atoms with Crippen molar-refractivity contribution in [3.05, 3.63) is 65.7 Å². The van der Waals surface area contributed by atoms with Gasteiger partial charge in [-0.3, -0.25) is 10.1 Å². The summed E-state index contributed by atoms with van der Waals surface area (Å²) in [6.07, 6.45) is 0. The van der Waals surface area contributed by atoms with E-state index in [2.05, 4.69) is 27.6 Å². The van der Waals surface area contributed by atoms with Crippen molar-refractivity contribution in [2.24, 2.45) is 0 Å². The zero-order valence-electron chi connectivity index (χ0n) is 13.6. The van der Waals surface area contributed by atoms with Crippen molar-refractivity contribution in [3.63, 3.8) is 0 Å². The van der Waals surface area contributed by atoms with Crippen LogP contribution >= 0.6 is 23.1 Å². The van der Waals surface area contributed by atoms with Crippen LogP contribution < -0.4 is 10.1 Å². The Balaban J connectivity index is 1.47. The maximum atomic E-state index is 12.0. The lowest BCUT2D eigenvalue weighted by atomic mass is 10.2. The number of aromatic nitrogens is 2. The lowest BCUT2D eigenvalue weighted by Gasteiger charge is -2.05. The third-order valence-electron chi connectivity index (χ3n) is 3.19. The van der Waals surface area contributed by atoms with Gasteiger partial charge in [0.15, 0.2) is 10.9 Å². The minimum Gasteiger partial charge on any atom is -0.484 e. The molecule has 0 aliphatic rings. The van der Waals surface area contributed by atoms with E-state index in [0.29, 0.717) is 16.4 Å². The predicted molar refractivity (Wildman–Crippen MR) is 101 cm³/mol. The molecule has 6 nitrogen and oxygen atoms in total. The summed E-state index contributed by atoms with van der Waals surface area (Å²) in [6.45, 7) is -0.166. The summed E-state index contributed by atoms with van der Waals surface area (Å²) >= 11 is 2.89. The van der Waals surface area contributed by atoms with Crippen LogP contribution in [0.25, 0.3) is 0 Å². The van der Waals surface area contributed by atoms with Crippen LogP contribution in [0.3, 0.4) is 0 Å². The highest BCUT2D eigenvalue weighted by atomic mass is 32.2. The molecule has 0 spiro atoms. The number of anilines is 1. The quantitative estimate of drug-likeness (QED) is 0.495. The Morgan fingerprint density at radius 1 is 1.19 bits per heavy atom. The number of thioether (sulfide) groups is 1. The summed E-state index contributed by atoms with van der Waals surface area (Å²) in [6, 6.07) is 18.7. The van der Waals surface area contributed by atoms with Crippen LogP contribution in [-0.2, 0) is 10.5 Å². The minimum atomic E-state index is -0.330. The zero-order chi connectivity index (χ0) is 18.2. The molecule has 0 saturated heterocycles. The van der Waals surface area contributed by atoms with Gasteiger partial charge >= 0.3 is 0 Å². The van der Waals surface area contributed by atoms with Gasteiger partial charge < -0.3 is 4.74 Å². The second-order valence-corrected chi connectivity index (χ2v) is 7.32. The highest BCUT2D eigenvalue weighted by molar-refractivity contribution is 8.00. The molecule has 1 heterocycles. The molecular formula is C18H14N4O2S2. The highest BCUT2D eigenvalue weighted by Gasteiger charge is 2.10. The number of hydrogen-bond donors (Lipinski definition) is 1. The molecular weight excluding hydrogens is 368 g/mol. The summed E-state index contributed by atoms with van der Waals surface area (Å²) in [5.74, 6) is 0.931. The van der Waals surface area contributed by atoms with Crippen molar-refractivity contribution in [2.75, 3.05) is 11.9 Å². The van der Waals surface area contributed by atoms with Gasteiger partial charge in [-0.2, -0.15) is 5.26 Å². The summed E-state index contributed by atoms with van der Waals surface area (Å²) in [7, 11) is 0. The first-order valence-electron chi connectivity index (χ1n) is 7.66. The van der Waals surface area contributed by atoms with Crippen molar-refractivity contribution in [3.8, 4) is 11.8 Å². The normalized spacial score (nSPS) is 10.1. The molecule has 130 valence electrons. The molecule has 0 aliphatic heterocycles. The number of nitrogens with zero attached hydrogens (tertiary/aromatic N) is 3. The van der Waals surface area contributed by atoms with E-state index in [4.69, 9.17) is 10.00 Å². The number of ether oxygens (including phenoxy) is 1. The third-order valence-corrected chi connectivity index (χ3v) is 5.23. The zero-order valence-corrected chi connectivity index (χ0v) is 15.2. The number of hydrogen-bond acceptors (Lipinski definition) is 7. The summed E-state index contributed by atoms with van der Waals surface area (Å²) in [5.41, 5.74) is 1.68. The van der Waals surface area contributed by atoms with Crippen LogP contribution in [0.4, 0.5) is 5.13 Å². The van der Waals surface area contributed by atoms with E-state index in [-0.39, 0.29) is 12.5 Å². The van der Waals surface area contributed by atoms with Crippen molar-refractivity contribution in [2.45, 2.75) is 10.1 Å². The second kappa shape index (κ2) is 8.99. The van der Waals surface area contributed by atoms with E-state index in [9.17, 15) is 4.79 Å². The summed E-state index contributed by atoms with van der Waals surface area (Å²) in [5, 5.41) is 20.0. The Morgan fingerprint density at radius 3 is 2.85 bits per heavy atom. The third kappa shape index (κ3) is 5.31. The Hall–Kier alpha value is -2.89. The number of rotatable bonds is 7. The van der Waals surface area contributed by atoms with Gasteiger partial charge in [0.05, 0.1) is 11.6 Å². The lowest BCUT2D eigenvalue weighted by Crippen LogP contribution is -2.20. The molecule has 0 bridgehead atoms. The van der Waals surface area contributed by atoms with Crippen molar-refractivity contribution in [1.82, 2.24) is 10.2 Å². The molecule has 0 fully saturated rings. The van der Waals surface area contributed by atoms with Gasteiger partial charge in [-0.15, -0.1) is 10.2 Å². The SMILES string of the molecule is N#Cc1cccc(OCC(=O)Nc2nnc(SCc3ccccc3)s2)c1. The monoisotopic (exact) mass is 382 g/mol. The molecule has 0 aliphatic carbocycles. The van der Waals surface area contributed by atoms with Crippen LogP contribution in [-0.4, -0.2) is 22.7 Å². The molecule has 0 atom stereocenters. The highest BCUT2D eigenvalue weighted by Crippen LogP contribution is 2.28. The molecule has 1 amide bonds. The average Bonchev–Trinajstić information content (AvgIpc) is 3.13. The first-order valence-corrected chi connectivity index (χ1v) is 9.46. The largest absolute Gasteiger partial charge is 0.484 e. The lowest BCUT2D eigenvalue weighted by molar-refractivity contribution is -0.118. The fourth-order valence-corrected chi connectivity index (χ4v) is 3.72. The van der Waals surface area contributed by atoms with Crippen LogP contribution in [0.15, 0.2) is 58.9 Å². The van der Waals surface area contributed by atoms with E-state index < -0.39 is 0 Å². The van der Waals surface area contributed by atoms with Crippen LogP contribution in [0.2, 0.25) is 0 Å². The smallest absolute Gasteiger partial charge is 0.264 e. The number of benzene rings is 2. The summed E-state index contributed by atoms with van der Waals surface area (Å²) < 4.78 is 6.17. The van der Waals surface area contributed by atoms with E-state index in [1.807, 2.05) is 24.3 Å². The Bertz CT molecular complexity index is 922. The molecule has 26 heavy (non-hydrogen) atoms. The Kier molecular flexibility index (Phi) is 6.19. The first-order chi connectivity index (χ1) is 12.7. The van der Waals surface area contributed by atoms with E-state index in [0.717, 1.165) is 10.1 Å². The molecule has 0 saturated carbocycles. The first kappa shape index (κ1) is 17.9. The van der Waals surface area contributed by atoms with Crippen LogP contribution in [0.1, 0.15) is 11.1 Å². The van der Waals surface area contributed by atoms with Gasteiger partial charge in [-0.25, -0.2) is 0 Å². The predicted octanol–water partition coefficient (Wildman–Crippen LogP) is 3.72. The average molecular weight is 382 g/mol. The topological polar surface area (TPSA) is 87.9 Å². The van der Waals surface area contributed by atoms with Crippen molar-refractivity contribution < 1.29 is 9.53 Å². The van der Waals surface area contributed by atoms with Gasteiger partial charge in [-0.1, -0.05) is 59.5 Å². The number of carbonyl (C=O) groups is 1. The Morgan fingerprint density at radius 2 is 2.04 bits per heavy atom. The number of carbonyl (C=O) groups excluding carboxylic acids is 1. The fraction of sp³-hybridized carbons (Fsp3) is 0.111. The van der Waals surface area contributed by atoms with Gasteiger partial charge in [-0.05, 0) is 23.8 Å². The molecule has 3 rings (SSSR count). The van der Waals surface area contributed by atoms with Crippen LogP contribution in [0.5, 0.6) is 5.75 Å². The number of nitriles is 1.